The number of terminal acetylenes is 1. The maximum atomic E-state index is 10.1. The van der Waals surface area contributed by atoms with Crippen molar-refractivity contribution in [2.75, 3.05) is 51.3 Å². The van der Waals surface area contributed by atoms with Crippen LogP contribution in [0.15, 0.2) is 24.3 Å². The Balaban J connectivity index is 1.75. The summed E-state index contributed by atoms with van der Waals surface area (Å²) in [5, 5.41) is 10.1. The van der Waals surface area contributed by atoms with Crippen molar-refractivity contribution in [2.45, 2.75) is 25.6 Å². The Kier molecular flexibility index (Phi) is 6.50. The number of benzene rings is 1. The molecule has 0 aliphatic carbocycles. The molecule has 5 nitrogen and oxygen atoms in total. The van der Waals surface area contributed by atoms with Crippen molar-refractivity contribution in [3.05, 3.63) is 24.3 Å². The summed E-state index contributed by atoms with van der Waals surface area (Å²) < 4.78 is 10.8. The van der Waals surface area contributed by atoms with Crippen LogP contribution < -0.4 is 9.64 Å². The molecule has 1 atom stereocenters. The summed E-state index contributed by atoms with van der Waals surface area (Å²) in [4.78, 5) is 4.61. The zero-order valence-electron chi connectivity index (χ0n) is 14.9. The second-order valence-electron chi connectivity index (χ2n) is 6.61. The third-order valence-electron chi connectivity index (χ3n) is 4.26. The van der Waals surface area contributed by atoms with E-state index in [-0.39, 0.29) is 6.61 Å². The lowest BCUT2D eigenvalue weighted by Gasteiger charge is -2.37. The van der Waals surface area contributed by atoms with E-state index in [9.17, 15) is 5.11 Å². The van der Waals surface area contributed by atoms with Crippen molar-refractivity contribution >= 4 is 5.69 Å². The van der Waals surface area contributed by atoms with Crippen LogP contribution in [0.2, 0.25) is 0 Å². The molecule has 0 spiro atoms. The standard InChI is InChI=1S/C19H28N2O3/c1-5-19(2,3)24-15-17(22)14-20-10-12-21(13-11-20)16-6-8-18(23-4)9-7-16/h1,6-9,17,22H,10-15H2,2-4H3. The van der Waals surface area contributed by atoms with Crippen molar-refractivity contribution in [1.29, 1.82) is 0 Å². The van der Waals surface area contributed by atoms with Crippen LogP contribution in [-0.2, 0) is 4.74 Å². The van der Waals surface area contributed by atoms with Gasteiger partial charge in [-0.15, -0.1) is 6.42 Å². The van der Waals surface area contributed by atoms with Crippen molar-refractivity contribution in [3.63, 3.8) is 0 Å². The summed E-state index contributed by atoms with van der Waals surface area (Å²) in [6.45, 7) is 8.24. The zero-order chi connectivity index (χ0) is 17.6. The fraction of sp³-hybridized carbons (Fsp3) is 0.579. The first-order valence-corrected chi connectivity index (χ1v) is 8.34. The van der Waals surface area contributed by atoms with Gasteiger partial charge in [-0.2, -0.15) is 0 Å². The highest BCUT2D eigenvalue weighted by molar-refractivity contribution is 5.49. The summed E-state index contributed by atoms with van der Waals surface area (Å²) in [6.07, 6.45) is 4.86. The molecule has 5 heteroatoms. The molecule has 1 aliphatic rings. The van der Waals surface area contributed by atoms with E-state index in [1.54, 1.807) is 7.11 Å². The number of piperazine rings is 1. The Morgan fingerprint density at radius 3 is 2.38 bits per heavy atom. The molecule has 0 amide bonds. The Morgan fingerprint density at radius 2 is 1.83 bits per heavy atom. The van der Waals surface area contributed by atoms with E-state index in [1.165, 1.54) is 5.69 Å². The average molecular weight is 332 g/mol. The maximum Gasteiger partial charge on any atom is 0.122 e. The fourth-order valence-electron chi connectivity index (χ4n) is 2.68. The Bertz CT molecular complexity index is 543. The van der Waals surface area contributed by atoms with Crippen LogP contribution in [0.5, 0.6) is 5.75 Å². The van der Waals surface area contributed by atoms with E-state index >= 15 is 0 Å². The molecule has 1 aromatic rings. The van der Waals surface area contributed by atoms with Crippen LogP contribution in [0.25, 0.3) is 0 Å². The zero-order valence-corrected chi connectivity index (χ0v) is 14.9. The van der Waals surface area contributed by atoms with Crippen LogP contribution in [0.1, 0.15) is 13.8 Å². The predicted molar refractivity (Wildman–Crippen MR) is 96.5 cm³/mol. The van der Waals surface area contributed by atoms with Gasteiger partial charge in [-0.25, -0.2) is 0 Å². The number of β-amino-alcohol motifs (C(OH)–C–C–N with tert-alkyl or cyclic N) is 1. The average Bonchev–Trinajstić information content (AvgIpc) is 2.61. The highest BCUT2D eigenvalue weighted by Crippen LogP contribution is 2.20. The minimum atomic E-state index is -0.631. The monoisotopic (exact) mass is 332 g/mol. The number of ether oxygens (including phenoxy) is 2. The highest BCUT2D eigenvalue weighted by atomic mass is 16.5. The molecule has 1 aliphatic heterocycles. The van der Waals surface area contributed by atoms with Gasteiger partial charge in [0.1, 0.15) is 11.4 Å². The normalized spacial score (nSPS) is 17.4. The lowest BCUT2D eigenvalue weighted by molar-refractivity contribution is -0.0376. The van der Waals surface area contributed by atoms with Gasteiger partial charge in [0, 0.05) is 38.4 Å². The lowest BCUT2D eigenvalue weighted by Crippen LogP contribution is -2.49. The van der Waals surface area contributed by atoms with Gasteiger partial charge in [0.15, 0.2) is 0 Å². The number of hydrogen-bond acceptors (Lipinski definition) is 5. The molecule has 1 heterocycles. The molecule has 2 rings (SSSR count). The van der Waals surface area contributed by atoms with Crippen molar-refractivity contribution < 1.29 is 14.6 Å². The smallest absolute Gasteiger partial charge is 0.122 e. The van der Waals surface area contributed by atoms with Crippen molar-refractivity contribution in [1.82, 2.24) is 4.90 Å². The molecule has 1 aromatic carbocycles. The minimum absolute atomic E-state index is 0.260. The number of nitrogens with zero attached hydrogens (tertiary/aromatic N) is 2. The Labute approximate surface area is 145 Å². The number of anilines is 1. The molecular weight excluding hydrogens is 304 g/mol. The van der Waals surface area contributed by atoms with Crippen LogP contribution >= 0.6 is 0 Å². The summed E-state index contributed by atoms with van der Waals surface area (Å²) in [5.74, 6) is 3.44. The summed E-state index contributed by atoms with van der Waals surface area (Å²) >= 11 is 0. The van der Waals surface area contributed by atoms with Crippen molar-refractivity contribution in [2.24, 2.45) is 0 Å². The largest absolute Gasteiger partial charge is 0.497 e. The van der Waals surface area contributed by atoms with Crippen LogP contribution in [-0.4, -0.2) is 68.2 Å². The molecule has 1 unspecified atom stereocenters. The van der Waals surface area contributed by atoms with Gasteiger partial charge in [0.25, 0.3) is 0 Å². The van der Waals surface area contributed by atoms with E-state index in [4.69, 9.17) is 15.9 Å². The first kappa shape index (κ1) is 18.6. The molecule has 0 radical (unpaired) electrons. The molecule has 0 bridgehead atoms. The topological polar surface area (TPSA) is 45.2 Å². The van der Waals surface area contributed by atoms with Gasteiger partial charge in [-0.3, -0.25) is 4.90 Å². The first-order valence-electron chi connectivity index (χ1n) is 8.34. The molecule has 1 N–H and O–H groups in total. The van der Waals surface area contributed by atoms with E-state index in [1.807, 2.05) is 26.0 Å². The van der Waals surface area contributed by atoms with Crippen LogP contribution in [0.3, 0.4) is 0 Å². The number of aliphatic hydroxyl groups is 1. The Morgan fingerprint density at radius 1 is 1.21 bits per heavy atom. The number of aliphatic hydroxyl groups excluding tert-OH is 1. The third kappa shape index (κ3) is 5.41. The fourth-order valence-corrected chi connectivity index (χ4v) is 2.68. The van der Waals surface area contributed by atoms with Crippen LogP contribution in [0, 0.1) is 12.3 Å². The molecule has 24 heavy (non-hydrogen) atoms. The van der Waals surface area contributed by atoms with Crippen LogP contribution in [0.4, 0.5) is 5.69 Å². The highest BCUT2D eigenvalue weighted by Gasteiger charge is 2.21. The van der Waals surface area contributed by atoms with E-state index in [0.29, 0.717) is 6.54 Å². The van der Waals surface area contributed by atoms with Gasteiger partial charge in [-0.1, -0.05) is 5.92 Å². The summed E-state index contributed by atoms with van der Waals surface area (Å²) in [7, 11) is 1.67. The predicted octanol–water partition coefficient (Wildman–Crippen LogP) is 1.61. The second-order valence-corrected chi connectivity index (χ2v) is 6.61. The van der Waals surface area contributed by atoms with Crippen molar-refractivity contribution in [3.8, 4) is 18.1 Å². The quantitative estimate of drug-likeness (QED) is 0.769. The van der Waals surface area contributed by atoms with Gasteiger partial charge in [0.2, 0.25) is 0 Å². The Hall–Kier alpha value is -1.74. The molecule has 1 saturated heterocycles. The molecule has 0 saturated carbocycles. The second kappa shape index (κ2) is 8.39. The molecular formula is C19H28N2O3. The third-order valence-corrected chi connectivity index (χ3v) is 4.26. The minimum Gasteiger partial charge on any atom is -0.497 e. The summed E-state index contributed by atoms with van der Waals surface area (Å²) in [5.41, 5.74) is 0.573. The van der Waals surface area contributed by atoms with Gasteiger partial charge in [0.05, 0.1) is 19.8 Å². The number of hydrogen-bond donors (Lipinski definition) is 1. The van der Waals surface area contributed by atoms with E-state index in [2.05, 4.69) is 27.9 Å². The first-order chi connectivity index (χ1) is 11.4. The van der Waals surface area contributed by atoms with Gasteiger partial charge in [-0.05, 0) is 38.1 Å². The molecule has 132 valence electrons. The summed E-state index contributed by atoms with van der Waals surface area (Å²) in [6, 6.07) is 8.13. The SMILES string of the molecule is C#CC(C)(C)OCC(O)CN1CCN(c2ccc(OC)cc2)CC1. The van der Waals surface area contributed by atoms with Gasteiger partial charge < -0.3 is 19.5 Å². The maximum absolute atomic E-state index is 10.1. The molecule has 0 aromatic heterocycles. The van der Waals surface area contributed by atoms with E-state index < -0.39 is 11.7 Å². The molecule has 1 fully saturated rings. The van der Waals surface area contributed by atoms with E-state index in [0.717, 1.165) is 31.9 Å². The lowest BCUT2D eigenvalue weighted by atomic mass is 10.1. The van der Waals surface area contributed by atoms with Gasteiger partial charge >= 0.3 is 0 Å². The number of rotatable bonds is 7. The number of methoxy groups -OCH3 is 1.